The second-order valence-electron chi connectivity index (χ2n) is 5.17. The van der Waals surface area contributed by atoms with Gasteiger partial charge in [-0.25, -0.2) is 4.79 Å². The van der Waals surface area contributed by atoms with Crippen molar-refractivity contribution < 1.29 is 14.7 Å². The molecule has 1 fully saturated rings. The molecule has 23 heavy (non-hydrogen) atoms. The molecule has 1 saturated heterocycles. The van der Waals surface area contributed by atoms with Crippen molar-refractivity contribution in [1.82, 2.24) is 4.90 Å². The van der Waals surface area contributed by atoms with E-state index in [2.05, 4.69) is 15.9 Å². The molecule has 3 rings (SSSR count). The number of carbonyl (C=O) groups excluding carboxylic acids is 1. The summed E-state index contributed by atoms with van der Waals surface area (Å²) < 4.78 is 0.874. The topological polar surface area (TPSA) is 57.6 Å². The highest BCUT2D eigenvalue weighted by molar-refractivity contribution is 9.10. The largest absolute Gasteiger partial charge is 0.480 e. The van der Waals surface area contributed by atoms with Crippen molar-refractivity contribution in [2.24, 2.45) is 0 Å². The van der Waals surface area contributed by atoms with Gasteiger partial charge in [0.2, 0.25) is 0 Å². The van der Waals surface area contributed by atoms with E-state index in [4.69, 9.17) is 0 Å². The Morgan fingerprint density at radius 3 is 2.35 bits per heavy atom. The van der Waals surface area contributed by atoms with Crippen LogP contribution in [0.4, 0.5) is 0 Å². The molecule has 1 aliphatic heterocycles. The van der Waals surface area contributed by atoms with Gasteiger partial charge in [0.25, 0.3) is 5.91 Å². The van der Waals surface area contributed by atoms with E-state index in [9.17, 15) is 14.7 Å². The first kappa shape index (κ1) is 16.1. The van der Waals surface area contributed by atoms with Crippen LogP contribution in [0.15, 0.2) is 59.1 Å². The SMILES string of the molecule is O=C(O)[C@H]1CS[C@H](c2ccccc2)N1C(=O)c1ccc(Br)cc1. The van der Waals surface area contributed by atoms with Gasteiger partial charge in [0.1, 0.15) is 11.4 Å². The van der Waals surface area contributed by atoms with E-state index in [1.165, 1.54) is 16.7 Å². The molecule has 0 saturated carbocycles. The van der Waals surface area contributed by atoms with Crippen LogP contribution in [0.25, 0.3) is 0 Å². The van der Waals surface area contributed by atoms with Gasteiger partial charge in [-0.1, -0.05) is 46.3 Å². The van der Waals surface area contributed by atoms with E-state index in [1.807, 2.05) is 30.3 Å². The van der Waals surface area contributed by atoms with Gasteiger partial charge >= 0.3 is 5.97 Å². The maximum absolute atomic E-state index is 12.9. The van der Waals surface area contributed by atoms with Gasteiger partial charge in [0, 0.05) is 15.8 Å². The van der Waals surface area contributed by atoms with Crippen LogP contribution >= 0.6 is 27.7 Å². The molecule has 0 radical (unpaired) electrons. The van der Waals surface area contributed by atoms with E-state index < -0.39 is 12.0 Å². The lowest BCUT2D eigenvalue weighted by Gasteiger charge is -2.27. The van der Waals surface area contributed by atoms with Crippen LogP contribution in [-0.4, -0.2) is 33.7 Å². The first-order valence-electron chi connectivity index (χ1n) is 7.05. The number of hydrogen-bond acceptors (Lipinski definition) is 3. The molecule has 0 spiro atoms. The van der Waals surface area contributed by atoms with Crippen LogP contribution in [0.1, 0.15) is 21.3 Å². The summed E-state index contributed by atoms with van der Waals surface area (Å²) in [6.07, 6.45) is 0. The second kappa shape index (κ2) is 6.76. The Morgan fingerprint density at radius 2 is 1.74 bits per heavy atom. The smallest absolute Gasteiger partial charge is 0.327 e. The quantitative estimate of drug-likeness (QED) is 0.864. The number of carbonyl (C=O) groups is 2. The summed E-state index contributed by atoms with van der Waals surface area (Å²) in [4.78, 5) is 25.9. The van der Waals surface area contributed by atoms with E-state index in [0.717, 1.165) is 10.0 Å². The van der Waals surface area contributed by atoms with Crippen molar-refractivity contribution in [3.63, 3.8) is 0 Å². The molecule has 118 valence electrons. The molecule has 1 amide bonds. The van der Waals surface area contributed by atoms with Gasteiger partial charge in [-0.3, -0.25) is 4.79 Å². The highest BCUT2D eigenvalue weighted by atomic mass is 79.9. The number of hydrogen-bond donors (Lipinski definition) is 1. The first-order valence-corrected chi connectivity index (χ1v) is 8.89. The van der Waals surface area contributed by atoms with Gasteiger partial charge in [-0.15, -0.1) is 11.8 Å². The van der Waals surface area contributed by atoms with Crippen molar-refractivity contribution in [3.05, 3.63) is 70.2 Å². The summed E-state index contributed by atoms with van der Waals surface area (Å²) in [7, 11) is 0. The van der Waals surface area contributed by atoms with E-state index in [-0.39, 0.29) is 11.3 Å². The predicted octanol–water partition coefficient (Wildman–Crippen LogP) is 3.79. The average Bonchev–Trinajstić information content (AvgIpc) is 3.01. The Balaban J connectivity index is 1.97. The average molecular weight is 392 g/mol. The third-order valence-electron chi connectivity index (χ3n) is 3.70. The summed E-state index contributed by atoms with van der Waals surface area (Å²) in [5, 5.41) is 9.19. The minimum atomic E-state index is -0.971. The Kier molecular flexibility index (Phi) is 4.73. The lowest BCUT2D eigenvalue weighted by atomic mass is 10.1. The van der Waals surface area contributed by atoms with Gasteiger partial charge in [0.05, 0.1) is 0 Å². The first-order chi connectivity index (χ1) is 11.1. The monoisotopic (exact) mass is 391 g/mol. The predicted molar refractivity (Wildman–Crippen MR) is 93.4 cm³/mol. The van der Waals surface area contributed by atoms with Crippen LogP contribution in [-0.2, 0) is 4.79 Å². The number of benzene rings is 2. The van der Waals surface area contributed by atoms with E-state index in [1.54, 1.807) is 24.3 Å². The fourth-order valence-electron chi connectivity index (χ4n) is 2.56. The fraction of sp³-hybridized carbons (Fsp3) is 0.176. The number of aliphatic carboxylic acids is 1. The lowest BCUT2D eigenvalue weighted by molar-refractivity contribution is -0.141. The molecule has 1 aliphatic rings. The van der Waals surface area contributed by atoms with Crippen molar-refractivity contribution in [2.75, 3.05) is 5.75 Å². The number of rotatable bonds is 3. The molecule has 0 aromatic heterocycles. The molecule has 6 heteroatoms. The van der Waals surface area contributed by atoms with Gasteiger partial charge in [-0.2, -0.15) is 0 Å². The Hall–Kier alpha value is -1.79. The number of nitrogens with zero attached hydrogens (tertiary/aromatic N) is 1. The highest BCUT2D eigenvalue weighted by Crippen LogP contribution is 2.42. The molecule has 4 nitrogen and oxygen atoms in total. The summed E-state index contributed by atoms with van der Waals surface area (Å²) in [6, 6.07) is 15.7. The molecule has 2 aromatic carbocycles. The standard InChI is InChI=1S/C17H14BrNO3S/c18-13-8-6-11(7-9-13)15(20)19-14(17(21)22)10-23-16(19)12-4-2-1-3-5-12/h1-9,14,16H,10H2,(H,21,22)/t14-,16-/m1/s1. The zero-order valence-corrected chi connectivity index (χ0v) is 14.5. The molecule has 1 heterocycles. The molecule has 0 unspecified atom stereocenters. The summed E-state index contributed by atoms with van der Waals surface area (Å²) in [6.45, 7) is 0. The fourth-order valence-corrected chi connectivity index (χ4v) is 4.25. The minimum absolute atomic E-state index is 0.260. The Bertz CT molecular complexity index is 720. The normalized spacial score (nSPS) is 20.5. The third-order valence-corrected chi connectivity index (χ3v) is 5.55. The minimum Gasteiger partial charge on any atom is -0.480 e. The van der Waals surface area contributed by atoms with Gasteiger partial charge in [-0.05, 0) is 29.8 Å². The second-order valence-corrected chi connectivity index (χ2v) is 7.20. The Morgan fingerprint density at radius 1 is 1.09 bits per heavy atom. The zero-order valence-electron chi connectivity index (χ0n) is 12.1. The highest BCUT2D eigenvalue weighted by Gasteiger charge is 2.42. The number of amides is 1. The van der Waals surface area contributed by atoms with Crippen LogP contribution in [0.5, 0.6) is 0 Å². The van der Waals surface area contributed by atoms with Crippen LogP contribution in [0.3, 0.4) is 0 Å². The number of halogens is 1. The lowest BCUT2D eigenvalue weighted by Crippen LogP contribution is -2.42. The molecule has 0 bridgehead atoms. The number of carboxylic acid groups (broad SMARTS) is 1. The summed E-state index contributed by atoms with van der Waals surface area (Å²) in [5.41, 5.74) is 1.43. The number of carboxylic acids is 1. The third kappa shape index (κ3) is 3.28. The number of thioether (sulfide) groups is 1. The van der Waals surface area contributed by atoms with Crippen molar-refractivity contribution in [3.8, 4) is 0 Å². The van der Waals surface area contributed by atoms with Crippen LogP contribution < -0.4 is 0 Å². The van der Waals surface area contributed by atoms with E-state index >= 15 is 0 Å². The summed E-state index contributed by atoms with van der Waals surface area (Å²) in [5.74, 6) is -0.845. The van der Waals surface area contributed by atoms with Gasteiger partial charge in [0.15, 0.2) is 0 Å². The Labute approximate surface area is 146 Å². The maximum Gasteiger partial charge on any atom is 0.327 e. The van der Waals surface area contributed by atoms with E-state index in [0.29, 0.717) is 11.3 Å². The summed E-state index contributed by atoms with van der Waals surface area (Å²) >= 11 is 4.82. The molecular weight excluding hydrogens is 378 g/mol. The molecule has 1 N–H and O–H groups in total. The van der Waals surface area contributed by atoms with Crippen LogP contribution in [0, 0.1) is 0 Å². The zero-order chi connectivity index (χ0) is 16.4. The molecule has 2 atom stereocenters. The van der Waals surface area contributed by atoms with Crippen molar-refractivity contribution in [1.29, 1.82) is 0 Å². The molecular formula is C17H14BrNO3S. The maximum atomic E-state index is 12.9. The molecule has 0 aliphatic carbocycles. The van der Waals surface area contributed by atoms with Crippen LogP contribution in [0.2, 0.25) is 0 Å². The van der Waals surface area contributed by atoms with Crippen molar-refractivity contribution >= 4 is 39.6 Å². The molecule has 2 aromatic rings. The van der Waals surface area contributed by atoms with Gasteiger partial charge < -0.3 is 10.0 Å². The van der Waals surface area contributed by atoms with Crippen molar-refractivity contribution in [2.45, 2.75) is 11.4 Å².